The lowest BCUT2D eigenvalue weighted by molar-refractivity contribution is 0.434. The summed E-state index contributed by atoms with van der Waals surface area (Å²) in [5.41, 5.74) is 9.42. The van der Waals surface area contributed by atoms with E-state index in [0.29, 0.717) is 11.7 Å². The number of nitrogen functional groups attached to an aromatic ring is 1. The van der Waals surface area contributed by atoms with E-state index in [0.717, 1.165) is 34.7 Å². The van der Waals surface area contributed by atoms with E-state index in [9.17, 15) is 0 Å². The van der Waals surface area contributed by atoms with Crippen LogP contribution in [0.15, 0.2) is 10.6 Å². The normalized spacial score (nSPS) is 11.2. The highest BCUT2D eigenvalue weighted by molar-refractivity contribution is 5.68. The Kier molecular flexibility index (Phi) is 3.32. The van der Waals surface area contributed by atoms with Gasteiger partial charge in [0.2, 0.25) is 0 Å². The van der Waals surface area contributed by atoms with Crippen LogP contribution in [0.5, 0.6) is 0 Å². The maximum atomic E-state index is 5.87. The van der Waals surface area contributed by atoms with E-state index >= 15 is 0 Å². The van der Waals surface area contributed by atoms with Crippen LogP contribution in [-0.2, 0) is 6.42 Å². The average Bonchev–Trinajstić information content (AvgIpc) is 2.64. The molecule has 0 saturated heterocycles. The van der Waals surface area contributed by atoms with Crippen molar-refractivity contribution >= 4 is 5.82 Å². The van der Waals surface area contributed by atoms with Gasteiger partial charge in [-0.25, -0.2) is 0 Å². The quantitative estimate of drug-likeness (QED) is 0.900. The van der Waals surface area contributed by atoms with E-state index in [1.807, 2.05) is 19.9 Å². The average molecular weight is 246 g/mol. The minimum Gasteiger partial charge on any atom is -0.381 e. The van der Waals surface area contributed by atoms with Gasteiger partial charge in [-0.15, -0.1) is 0 Å². The molecule has 0 radical (unpaired) electrons. The predicted octanol–water partition coefficient (Wildman–Crippen LogP) is 2.53. The molecule has 2 aromatic rings. The molecular weight excluding hydrogens is 228 g/mol. The van der Waals surface area contributed by atoms with Crippen molar-refractivity contribution in [2.24, 2.45) is 5.92 Å². The van der Waals surface area contributed by atoms with Crippen LogP contribution in [0.25, 0.3) is 11.3 Å². The van der Waals surface area contributed by atoms with Crippen LogP contribution in [0.3, 0.4) is 0 Å². The van der Waals surface area contributed by atoms with Crippen LogP contribution in [-0.4, -0.2) is 15.4 Å². The second-order valence-electron chi connectivity index (χ2n) is 4.96. The van der Waals surface area contributed by atoms with Crippen LogP contribution in [0, 0.1) is 19.8 Å². The molecular formula is C13H18N4O. The molecule has 2 aromatic heterocycles. The predicted molar refractivity (Wildman–Crippen MR) is 70.0 cm³/mol. The van der Waals surface area contributed by atoms with Gasteiger partial charge in [0.1, 0.15) is 0 Å². The van der Waals surface area contributed by atoms with Crippen LogP contribution >= 0.6 is 0 Å². The highest BCUT2D eigenvalue weighted by Gasteiger charge is 2.19. The molecule has 2 N–H and O–H groups in total. The number of rotatable bonds is 3. The molecule has 0 aromatic carbocycles. The first-order valence-corrected chi connectivity index (χ1v) is 6.04. The number of nitrogens with zero attached hydrogens (tertiary/aromatic N) is 3. The Bertz CT molecular complexity index is 560. The molecule has 0 aliphatic carbocycles. The van der Waals surface area contributed by atoms with Crippen LogP contribution in [0.4, 0.5) is 5.82 Å². The van der Waals surface area contributed by atoms with Crippen molar-refractivity contribution in [3.8, 4) is 11.3 Å². The molecule has 0 amide bonds. The van der Waals surface area contributed by atoms with Crippen LogP contribution in [0.2, 0.25) is 0 Å². The molecule has 96 valence electrons. The van der Waals surface area contributed by atoms with E-state index in [-0.39, 0.29) is 0 Å². The highest BCUT2D eigenvalue weighted by Crippen LogP contribution is 2.31. The van der Waals surface area contributed by atoms with E-state index < -0.39 is 0 Å². The lowest BCUT2D eigenvalue weighted by Crippen LogP contribution is -2.00. The summed E-state index contributed by atoms with van der Waals surface area (Å²) in [5.74, 6) is 1.67. The zero-order chi connectivity index (χ0) is 13.3. The summed E-state index contributed by atoms with van der Waals surface area (Å²) in [4.78, 5) is 0. The molecule has 0 atom stereocenters. The molecule has 5 heteroatoms. The van der Waals surface area contributed by atoms with Crippen molar-refractivity contribution in [1.82, 2.24) is 15.4 Å². The number of aryl methyl sites for hydroxylation is 2. The first-order chi connectivity index (χ1) is 8.49. The van der Waals surface area contributed by atoms with E-state index in [4.69, 9.17) is 10.3 Å². The Hall–Kier alpha value is -1.91. The number of hydrogen-bond donors (Lipinski definition) is 1. The Balaban J connectivity index is 2.53. The van der Waals surface area contributed by atoms with Gasteiger partial charge in [0.25, 0.3) is 0 Å². The van der Waals surface area contributed by atoms with Gasteiger partial charge in [-0.1, -0.05) is 19.0 Å². The summed E-state index contributed by atoms with van der Waals surface area (Å²) in [6.07, 6.45) is 0.839. The zero-order valence-electron chi connectivity index (χ0n) is 11.2. The SMILES string of the molecule is Cc1cc(-c2onc(N)c2CC(C)C)c(C)nn1. The molecule has 18 heavy (non-hydrogen) atoms. The van der Waals surface area contributed by atoms with E-state index in [1.54, 1.807) is 0 Å². The summed E-state index contributed by atoms with van der Waals surface area (Å²) in [5, 5.41) is 12.0. The molecule has 0 aliphatic rings. The fourth-order valence-electron chi connectivity index (χ4n) is 1.92. The van der Waals surface area contributed by atoms with Crippen molar-refractivity contribution in [3.05, 3.63) is 23.0 Å². The van der Waals surface area contributed by atoms with Crippen LogP contribution in [0.1, 0.15) is 30.8 Å². The molecule has 0 fully saturated rings. The largest absolute Gasteiger partial charge is 0.381 e. The first kappa shape index (κ1) is 12.5. The molecule has 0 unspecified atom stereocenters. The minimum atomic E-state index is 0.465. The summed E-state index contributed by atoms with van der Waals surface area (Å²) in [6, 6.07) is 1.95. The topological polar surface area (TPSA) is 77.8 Å². The number of anilines is 1. The number of aromatic nitrogens is 3. The molecule has 0 aliphatic heterocycles. The third-order valence-corrected chi connectivity index (χ3v) is 2.78. The van der Waals surface area contributed by atoms with Gasteiger partial charge in [-0.05, 0) is 32.3 Å². The molecule has 2 heterocycles. The lowest BCUT2D eigenvalue weighted by Gasteiger charge is -2.07. The molecule has 2 rings (SSSR count). The number of nitrogens with two attached hydrogens (primary N) is 1. The Morgan fingerprint density at radius 3 is 2.67 bits per heavy atom. The van der Waals surface area contributed by atoms with Gasteiger partial charge < -0.3 is 10.3 Å². The standard InChI is InChI=1S/C13H18N4O/c1-7(2)5-11-12(18-17-13(11)14)10-6-8(3)15-16-9(10)4/h6-7H,5H2,1-4H3,(H2,14,17). The summed E-state index contributed by atoms with van der Waals surface area (Å²) in [6.45, 7) is 8.08. The van der Waals surface area contributed by atoms with Crippen molar-refractivity contribution < 1.29 is 4.52 Å². The van der Waals surface area contributed by atoms with E-state index in [2.05, 4.69) is 29.2 Å². The van der Waals surface area contributed by atoms with Crippen molar-refractivity contribution in [2.75, 3.05) is 5.73 Å². The molecule has 0 spiro atoms. The third kappa shape index (κ3) is 2.34. The fraction of sp³-hybridized carbons (Fsp3) is 0.462. The van der Waals surface area contributed by atoms with Crippen molar-refractivity contribution in [1.29, 1.82) is 0 Å². The number of hydrogen-bond acceptors (Lipinski definition) is 5. The third-order valence-electron chi connectivity index (χ3n) is 2.78. The monoisotopic (exact) mass is 246 g/mol. The van der Waals surface area contributed by atoms with Gasteiger partial charge >= 0.3 is 0 Å². The van der Waals surface area contributed by atoms with Gasteiger partial charge in [0.05, 0.1) is 11.4 Å². The van der Waals surface area contributed by atoms with Gasteiger partial charge in [-0.2, -0.15) is 10.2 Å². The Morgan fingerprint density at radius 2 is 2.00 bits per heavy atom. The molecule has 0 saturated carbocycles. The summed E-state index contributed by atoms with van der Waals surface area (Å²) in [7, 11) is 0. The van der Waals surface area contributed by atoms with Crippen LogP contribution < -0.4 is 5.73 Å². The lowest BCUT2D eigenvalue weighted by atomic mass is 9.99. The van der Waals surface area contributed by atoms with Gasteiger partial charge in [0.15, 0.2) is 11.6 Å². The smallest absolute Gasteiger partial charge is 0.174 e. The fourth-order valence-corrected chi connectivity index (χ4v) is 1.92. The molecule has 0 bridgehead atoms. The minimum absolute atomic E-state index is 0.465. The second-order valence-corrected chi connectivity index (χ2v) is 4.96. The second kappa shape index (κ2) is 4.76. The first-order valence-electron chi connectivity index (χ1n) is 6.04. The van der Waals surface area contributed by atoms with Crippen molar-refractivity contribution in [2.45, 2.75) is 34.1 Å². The maximum absolute atomic E-state index is 5.87. The van der Waals surface area contributed by atoms with Gasteiger partial charge in [-0.3, -0.25) is 0 Å². The van der Waals surface area contributed by atoms with Crippen molar-refractivity contribution in [3.63, 3.8) is 0 Å². The Morgan fingerprint density at radius 1 is 1.28 bits per heavy atom. The maximum Gasteiger partial charge on any atom is 0.174 e. The Labute approximate surface area is 106 Å². The summed E-state index contributed by atoms with van der Waals surface area (Å²) >= 11 is 0. The highest BCUT2D eigenvalue weighted by atomic mass is 16.5. The molecule has 5 nitrogen and oxygen atoms in total. The van der Waals surface area contributed by atoms with Gasteiger partial charge in [0, 0.05) is 11.1 Å². The summed E-state index contributed by atoms with van der Waals surface area (Å²) < 4.78 is 5.38. The zero-order valence-corrected chi connectivity index (χ0v) is 11.2. The van der Waals surface area contributed by atoms with E-state index in [1.165, 1.54) is 0 Å².